The van der Waals surface area contributed by atoms with E-state index in [9.17, 15) is 9.59 Å². The molecule has 0 saturated carbocycles. The van der Waals surface area contributed by atoms with Crippen LogP contribution in [0.4, 0.5) is 5.82 Å². The van der Waals surface area contributed by atoms with Crippen LogP contribution in [0.25, 0.3) is 0 Å². The summed E-state index contributed by atoms with van der Waals surface area (Å²) >= 11 is 0. The molecule has 1 atom stereocenters. The number of nitrogens with one attached hydrogen (secondary N) is 2. The van der Waals surface area contributed by atoms with Crippen LogP contribution in [0.2, 0.25) is 0 Å². The first-order valence-electron chi connectivity index (χ1n) is 6.93. The number of aromatic nitrogens is 2. The summed E-state index contributed by atoms with van der Waals surface area (Å²) < 4.78 is 0. The first-order chi connectivity index (χ1) is 9.97. The first kappa shape index (κ1) is 13.5. The van der Waals surface area contributed by atoms with E-state index in [4.69, 9.17) is 0 Å². The Hall–Kier alpha value is -2.43. The van der Waals surface area contributed by atoms with Crippen molar-refractivity contribution >= 4 is 17.5 Å². The number of aromatic amines is 1. The lowest BCUT2D eigenvalue weighted by Gasteiger charge is -2.22. The van der Waals surface area contributed by atoms with E-state index in [1.54, 1.807) is 0 Å². The van der Waals surface area contributed by atoms with Crippen LogP contribution in [0.5, 0.6) is 0 Å². The van der Waals surface area contributed by atoms with E-state index in [1.165, 1.54) is 0 Å². The molecule has 2 aromatic rings. The Bertz CT molecular complexity index is 746. The lowest BCUT2D eigenvalue weighted by atomic mass is 9.84. The molecule has 3 rings (SSSR count). The Morgan fingerprint density at radius 2 is 2.05 bits per heavy atom. The van der Waals surface area contributed by atoms with Crippen molar-refractivity contribution in [3.63, 3.8) is 0 Å². The fourth-order valence-corrected chi connectivity index (χ4v) is 2.93. The normalized spacial score (nSPS) is 17.3. The van der Waals surface area contributed by atoms with Gasteiger partial charge in [-0.1, -0.05) is 23.8 Å². The Balaban J connectivity index is 2.05. The van der Waals surface area contributed by atoms with Crippen molar-refractivity contribution in [2.75, 3.05) is 5.32 Å². The summed E-state index contributed by atoms with van der Waals surface area (Å²) in [6.07, 6.45) is 0.166. The summed E-state index contributed by atoms with van der Waals surface area (Å²) in [4.78, 5) is 24.7. The summed E-state index contributed by atoms with van der Waals surface area (Å²) in [5.41, 5.74) is 4.36. The molecule has 21 heavy (non-hydrogen) atoms. The van der Waals surface area contributed by atoms with Crippen molar-refractivity contribution in [1.29, 1.82) is 0 Å². The maximum absolute atomic E-state index is 12.9. The number of anilines is 1. The number of aryl methyl sites for hydroxylation is 3. The van der Waals surface area contributed by atoms with Gasteiger partial charge in [-0.25, -0.2) is 0 Å². The van der Waals surface area contributed by atoms with Gasteiger partial charge in [0.15, 0.2) is 11.6 Å². The molecule has 0 fully saturated rings. The summed E-state index contributed by atoms with van der Waals surface area (Å²) in [7, 11) is 0. The molecule has 1 aromatic heterocycles. The van der Waals surface area contributed by atoms with Crippen molar-refractivity contribution in [3.8, 4) is 0 Å². The molecule has 0 bridgehead atoms. The van der Waals surface area contributed by atoms with Crippen LogP contribution < -0.4 is 5.32 Å². The second kappa shape index (κ2) is 4.84. The van der Waals surface area contributed by atoms with Crippen molar-refractivity contribution in [1.82, 2.24) is 10.2 Å². The Kier molecular flexibility index (Phi) is 3.12. The smallest absolute Gasteiger partial charge is 0.226 e. The van der Waals surface area contributed by atoms with Gasteiger partial charge in [0.25, 0.3) is 0 Å². The molecule has 1 aromatic carbocycles. The number of hydrogen-bond acceptors (Lipinski definition) is 3. The first-order valence-corrected chi connectivity index (χ1v) is 6.93. The van der Waals surface area contributed by atoms with Crippen LogP contribution in [0.1, 0.15) is 45.1 Å². The zero-order chi connectivity index (χ0) is 15.1. The van der Waals surface area contributed by atoms with E-state index in [1.807, 2.05) is 39.0 Å². The van der Waals surface area contributed by atoms with Gasteiger partial charge in [-0.2, -0.15) is 5.10 Å². The topological polar surface area (TPSA) is 74.8 Å². The van der Waals surface area contributed by atoms with Gasteiger partial charge in [-0.3, -0.25) is 14.7 Å². The van der Waals surface area contributed by atoms with Crippen LogP contribution in [0, 0.1) is 20.8 Å². The highest BCUT2D eigenvalue weighted by Gasteiger charge is 2.34. The van der Waals surface area contributed by atoms with Crippen molar-refractivity contribution in [2.45, 2.75) is 33.1 Å². The average Bonchev–Trinajstić information content (AvgIpc) is 2.78. The molecule has 1 unspecified atom stereocenters. The third-order valence-electron chi connectivity index (χ3n) is 3.95. The number of amides is 1. The molecular weight excluding hydrogens is 266 g/mol. The van der Waals surface area contributed by atoms with Gasteiger partial charge in [-0.05, 0) is 26.3 Å². The molecule has 1 aliphatic rings. The molecule has 2 N–H and O–H groups in total. The van der Waals surface area contributed by atoms with Gasteiger partial charge in [0.1, 0.15) is 0 Å². The largest absolute Gasteiger partial charge is 0.309 e. The third kappa shape index (κ3) is 2.24. The monoisotopic (exact) mass is 283 g/mol. The molecule has 0 radical (unpaired) electrons. The van der Waals surface area contributed by atoms with E-state index in [0.29, 0.717) is 11.4 Å². The molecule has 1 amide bonds. The second-order valence-corrected chi connectivity index (χ2v) is 5.60. The Morgan fingerprint density at radius 1 is 1.29 bits per heavy atom. The van der Waals surface area contributed by atoms with Crippen molar-refractivity contribution in [2.24, 2.45) is 0 Å². The lowest BCUT2D eigenvalue weighted by Crippen LogP contribution is -2.27. The van der Waals surface area contributed by atoms with Gasteiger partial charge in [0.2, 0.25) is 5.91 Å². The van der Waals surface area contributed by atoms with Gasteiger partial charge in [0, 0.05) is 23.2 Å². The van der Waals surface area contributed by atoms with Crippen LogP contribution >= 0.6 is 0 Å². The lowest BCUT2D eigenvalue weighted by molar-refractivity contribution is -0.116. The highest BCUT2D eigenvalue weighted by Crippen LogP contribution is 2.35. The van der Waals surface area contributed by atoms with E-state index in [2.05, 4.69) is 15.5 Å². The Labute approximate surface area is 122 Å². The number of hydrogen-bond donors (Lipinski definition) is 2. The molecule has 1 aliphatic heterocycles. The predicted octanol–water partition coefficient (Wildman–Crippen LogP) is 2.64. The second-order valence-electron chi connectivity index (χ2n) is 5.60. The van der Waals surface area contributed by atoms with E-state index < -0.39 is 5.92 Å². The Morgan fingerprint density at radius 3 is 2.76 bits per heavy atom. The molecular formula is C16H17N3O2. The highest BCUT2D eigenvalue weighted by atomic mass is 16.2. The summed E-state index contributed by atoms with van der Waals surface area (Å²) in [5, 5.41) is 9.61. The van der Waals surface area contributed by atoms with Crippen LogP contribution in [-0.2, 0) is 4.79 Å². The van der Waals surface area contributed by atoms with Gasteiger partial charge >= 0.3 is 0 Å². The number of H-pyrrole nitrogens is 1. The fourth-order valence-electron chi connectivity index (χ4n) is 2.93. The highest BCUT2D eigenvalue weighted by molar-refractivity contribution is 6.08. The molecule has 5 heteroatoms. The molecule has 2 heterocycles. The number of ketones is 1. The SMILES string of the molecule is Cc1ccc(C(=O)C2CC(=O)Nc3n[nH]c(C)c32)c(C)c1. The number of fused-ring (bicyclic) bond motifs is 1. The average molecular weight is 283 g/mol. The van der Waals surface area contributed by atoms with E-state index in [0.717, 1.165) is 22.4 Å². The van der Waals surface area contributed by atoms with Gasteiger partial charge in [-0.15, -0.1) is 0 Å². The van der Waals surface area contributed by atoms with E-state index >= 15 is 0 Å². The predicted molar refractivity (Wildman–Crippen MR) is 79.6 cm³/mol. The quantitative estimate of drug-likeness (QED) is 0.832. The molecule has 0 saturated heterocycles. The summed E-state index contributed by atoms with van der Waals surface area (Å²) in [6.45, 7) is 5.78. The van der Waals surface area contributed by atoms with Crippen LogP contribution in [-0.4, -0.2) is 21.9 Å². The zero-order valence-electron chi connectivity index (χ0n) is 12.3. The number of Topliss-reactive ketones (excluding diaryl/α,β-unsaturated/α-hetero) is 1. The molecule has 108 valence electrons. The van der Waals surface area contributed by atoms with Crippen LogP contribution in [0.15, 0.2) is 18.2 Å². The minimum Gasteiger partial charge on any atom is -0.309 e. The van der Waals surface area contributed by atoms with Crippen molar-refractivity contribution in [3.05, 3.63) is 46.1 Å². The fraction of sp³-hybridized carbons (Fsp3) is 0.312. The minimum absolute atomic E-state index is 0.0203. The van der Waals surface area contributed by atoms with E-state index in [-0.39, 0.29) is 18.1 Å². The minimum atomic E-state index is -0.464. The molecule has 0 spiro atoms. The van der Waals surface area contributed by atoms with Gasteiger partial charge in [0.05, 0.1) is 5.92 Å². The zero-order valence-corrected chi connectivity index (χ0v) is 12.3. The number of rotatable bonds is 2. The standard InChI is InChI=1S/C16H17N3O2/c1-8-4-5-11(9(2)6-8)15(21)12-7-13(20)17-16-14(12)10(3)18-19-16/h4-6,12H,7H2,1-3H3,(H2,17,18,19,20). The summed E-state index contributed by atoms with van der Waals surface area (Å²) in [5.74, 6) is -0.175. The van der Waals surface area contributed by atoms with Crippen molar-refractivity contribution < 1.29 is 9.59 Å². The van der Waals surface area contributed by atoms with Crippen LogP contribution in [0.3, 0.4) is 0 Å². The maximum atomic E-state index is 12.9. The number of benzene rings is 1. The maximum Gasteiger partial charge on any atom is 0.226 e. The third-order valence-corrected chi connectivity index (χ3v) is 3.95. The summed E-state index contributed by atoms with van der Waals surface area (Å²) in [6, 6.07) is 5.75. The molecule has 0 aliphatic carbocycles. The number of nitrogens with zero attached hydrogens (tertiary/aromatic N) is 1. The number of carbonyl (C=O) groups is 2. The number of carbonyl (C=O) groups excluding carboxylic acids is 2. The molecule has 5 nitrogen and oxygen atoms in total. The van der Waals surface area contributed by atoms with Gasteiger partial charge < -0.3 is 5.32 Å².